The number of anilines is 1. The van der Waals surface area contributed by atoms with Crippen LogP contribution in [0.1, 0.15) is 52.7 Å². The van der Waals surface area contributed by atoms with Crippen LogP contribution in [0.3, 0.4) is 0 Å². The molecular weight excluding hydrogens is 388 g/mol. The van der Waals surface area contributed by atoms with Crippen LogP contribution >= 0.6 is 0 Å². The third kappa shape index (κ3) is 6.01. The van der Waals surface area contributed by atoms with Crippen LogP contribution in [0, 0.1) is 0 Å². The minimum absolute atomic E-state index is 0.0752. The van der Waals surface area contributed by atoms with Gasteiger partial charge in [-0.1, -0.05) is 42.5 Å². The molecule has 1 unspecified atom stereocenters. The van der Waals surface area contributed by atoms with E-state index in [1.807, 2.05) is 40.7 Å². The zero-order chi connectivity index (χ0) is 22.6. The topological polar surface area (TPSA) is 42.0 Å². The summed E-state index contributed by atoms with van der Waals surface area (Å²) in [5.41, 5.74) is 2.51. The summed E-state index contributed by atoms with van der Waals surface area (Å²) in [6.45, 7) is 13.7. The Labute approximate surface area is 187 Å². The smallest absolute Gasteiger partial charge is 0.412 e. The molecular formula is C26H36N2O3. The van der Waals surface area contributed by atoms with Crippen molar-refractivity contribution < 1.29 is 14.3 Å². The van der Waals surface area contributed by atoms with Gasteiger partial charge < -0.3 is 14.4 Å². The molecule has 2 aromatic rings. The van der Waals surface area contributed by atoms with E-state index in [1.54, 1.807) is 4.90 Å². The van der Waals surface area contributed by atoms with Crippen molar-refractivity contribution in [3.8, 4) is 0 Å². The fourth-order valence-corrected chi connectivity index (χ4v) is 4.03. The van der Waals surface area contributed by atoms with Gasteiger partial charge in [-0.25, -0.2) is 4.79 Å². The molecule has 1 aliphatic rings. The Hall–Kier alpha value is -2.53. The molecule has 0 N–H and O–H groups in total. The van der Waals surface area contributed by atoms with Crippen LogP contribution in [-0.2, 0) is 15.9 Å². The zero-order valence-corrected chi connectivity index (χ0v) is 19.7. The Morgan fingerprint density at radius 3 is 2.29 bits per heavy atom. The molecule has 0 aromatic heterocycles. The number of ether oxygens (including phenoxy) is 2. The molecule has 0 saturated carbocycles. The SMILES string of the molecule is CCN(CC1COC(C)(C)N1C(=O)OC(C)(C)C)c1ccc(Cc2ccccc2)cc1. The van der Waals surface area contributed by atoms with Gasteiger partial charge in [0.2, 0.25) is 0 Å². The number of carbonyl (C=O) groups is 1. The Balaban J connectivity index is 1.71. The summed E-state index contributed by atoms with van der Waals surface area (Å²) in [6, 6.07) is 19.1. The van der Waals surface area contributed by atoms with Crippen LogP contribution in [0.15, 0.2) is 54.6 Å². The predicted molar refractivity (Wildman–Crippen MR) is 125 cm³/mol. The highest BCUT2D eigenvalue weighted by atomic mass is 16.6. The van der Waals surface area contributed by atoms with Gasteiger partial charge in [0.05, 0.1) is 12.6 Å². The van der Waals surface area contributed by atoms with Crippen molar-refractivity contribution in [2.24, 2.45) is 0 Å². The minimum Gasteiger partial charge on any atom is -0.444 e. The fourth-order valence-electron chi connectivity index (χ4n) is 4.03. The maximum absolute atomic E-state index is 12.9. The molecule has 168 valence electrons. The number of hydrogen-bond acceptors (Lipinski definition) is 4. The fraction of sp³-hybridized carbons (Fsp3) is 0.500. The van der Waals surface area contributed by atoms with Crippen molar-refractivity contribution in [2.45, 2.75) is 65.3 Å². The normalized spacial score (nSPS) is 18.1. The molecule has 3 rings (SSSR count). The second kappa shape index (κ2) is 9.31. The number of hydrogen-bond donors (Lipinski definition) is 0. The first-order chi connectivity index (χ1) is 14.6. The van der Waals surface area contributed by atoms with Crippen LogP contribution in [0.25, 0.3) is 0 Å². The van der Waals surface area contributed by atoms with E-state index in [2.05, 4.69) is 60.4 Å². The van der Waals surface area contributed by atoms with Crippen LogP contribution in [0.4, 0.5) is 10.5 Å². The molecule has 5 nitrogen and oxygen atoms in total. The summed E-state index contributed by atoms with van der Waals surface area (Å²) in [7, 11) is 0. The van der Waals surface area contributed by atoms with E-state index in [9.17, 15) is 4.79 Å². The number of benzene rings is 2. The Kier molecular flexibility index (Phi) is 6.95. The van der Waals surface area contributed by atoms with Crippen molar-refractivity contribution >= 4 is 11.8 Å². The molecule has 31 heavy (non-hydrogen) atoms. The van der Waals surface area contributed by atoms with E-state index < -0.39 is 11.3 Å². The van der Waals surface area contributed by atoms with Gasteiger partial charge in [0.25, 0.3) is 0 Å². The number of amides is 1. The van der Waals surface area contributed by atoms with Gasteiger partial charge in [0.15, 0.2) is 0 Å². The molecule has 2 aromatic carbocycles. The van der Waals surface area contributed by atoms with Crippen molar-refractivity contribution in [2.75, 3.05) is 24.6 Å². The van der Waals surface area contributed by atoms with Crippen LogP contribution < -0.4 is 4.90 Å². The molecule has 0 radical (unpaired) electrons. The standard InChI is InChI=1S/C26H36N2O3/c1-7-27(22-15-13-21(14-16-22)17-20-11-9-8-10-12-20)18-23-19-30-26(5,6)28(23)24(29)31-25(2,3)4/h8-16,23H,7,17-19H2,1-6H3. The maximum atomic E-state index is 12.9. The van der Waals surface area contributed by atoms with Gasteiger partial charge in [-0.15, -0.1) is 0 Å². The van der Waals surface area contributed by atoms with E-state index in [0.29, 0.717) is 13.2 Å². The average Bonchev–Trinajstić information content (AvgIpc) is 3.00. The lowest BCUT2D eigenvalue weighted by molar-refractivity contribution is -0.0621. The number of nitrogens with zero attached hydrogens (tertiary/aromatic N) is 2. The minimum atomic E-state index is -0.689. The van der Waals surface area contributed by atoms with E-state index in [4.69, 9.17) is 9.47 Å². The predicted octanol–water partition coefficient (Wildman–Crippen LogP) is 5.48. The largest absolute Gasteiger partial charge is 0.444 e. The second-order valence-corrected chi connectivity index (χ2v) is 9.63. The van der Waals surface area contributed by atoms with Gasteiger partial charge in [-0.3, -0.25) is 4.90 Å². The van der Waals surface area contributed by atoms with E-state index in [-0.39, 0.29) is 12.1 Å². The van der Waals surface area contributed by atoms with E-state index in [0.717, 1.165) is 18.7 Å². The molecule has 1 heterocycles. The lowest BCUT2D eigenvalue weighted by Gasteiger charge is -2.37. The Bertz CT molecular complexity index is 856. The highest BCUT2D eigenvalue weighted by molar-refractivity contribution is 5.70. The summed E-state index contributed by atoms with van der Waals surface area (Å²) in [5, 5.41) is 0. The summed E-state index contributed by atoms with van der Waals surface area (Å²) in [5.74, 6) is 0. The quantitative estimate of drug-likeness (QED) is 0.616. The Morgan fingerprint density at radius 1 is 1.10 bits per heavy atom. The Morgan fingerprint density at radius 2 is 1.71 bits per heavy atom. The lowest BCUT2D eigenvalue weighted by Crippen LogP contribution is -2.53. The van der Waals surface area contributed by atoms with E-state index in [1.165, 1.54) is 11.1 Å². The molecule has 0 spiro atoms. The molecule has 0 aliphatic carbocycles. The average molecular weight is 425 g/mol. The summed E-state index contributed by atoms with van der Waals surface area (Å²) in [4.78, 5) is 17.0. The summed E-state index contributed by atoms with van der Waals surface area (Å²) < 4.78 is 11.6. The molecule has 1 amide bonds. The molecule has 1 fully saturated rings. The number of likely N-dealkylation sites (N-methyl/N-ethyl adjacent to an activating group) is 1. The first-order valence-corrected chi connectivity index (χ1v) is 11.1. The number of carbonyl (C=O) groups excluding carboxylic acids is 1. The molecule has 1 saturated heterocycles. The lowest BCUT2D eigenvalue weighted by atomic mass is 10.0. The summed E-state index contributed by atoms with van der Waals surface area (Å²) >= 11 is 0. The van der Waals surface area contributed by atoms with Crippen molar-refractivity contribution in [1.29, 1.82) is 0 Å². The van der Waals surface area contributed by atoms with Crippen molar-refractivity contribution in [1.82, 2.24) is 4.90 Å². The molecule has 1 aliphatic heterocycles. The zero-order valence-electron chi connectivity index (χ0n) is 19.7. The van der Waals surface area contributed by atoms with E-state index >= 15 is 0 Å². The molecule has 5 heteroatoms. The third-order valence-electron chi connectivity index (χ3n) is 5.53. The highest BCUT2D eigenvalue weighted by Crippen LogP contribution is 2.31. The van der Waals surface area contributed by atoms with Crippen LogP contribution in [-0.4, -0.2) is 48.1 Å². The second-order valence-electron chi connectivity index (χ2n) is 9.63. The van der Waals surface area contributed by atoms with Gasteiger partial charge >= 0.3 is 6.09 Å². The molecule has 0 bridgehead atoms. The first kappa shape index (κ1) is 23.1. The molecule has 1 atom stereocenters. The van der Waals surface area contributed by atoms with Gasteiger partial charge in [0.1, 0.15) is 11.3 Å². The van der Waals surface area contributed by atoms with Gasteiger partial charge in [-0.05, 0) is 71.2 Å². The maximum Gasteiger partial charge on any atom is 0.412 e. The monoisotopic (exact) mass is 424 g/mol. The third-order valence-corrected chi connectivity index (χ3v) is 5.53. The van der Waals surface area contributed by atoms with Gasteiger partial charge in [-0.2, -0.15) is 0 Å². The van der Waals surface area contributed by atoms with Gasteiger partial charge in [0, 0.05) is 18.8 Å². The van der Waals surface area contributed by atoms with Crippen LogP contribution in [0.2, 0.25) is 0 Å². The van der Waals surface area contributed by atoms with Crippen LogP contribution in [0.5, 0.6) is 0 Å². The number of rotatable bonds is 6. The van der Waals surface area contributed by atoms with Crippen molar-refractivity contribution in [3.05, 3.63) is 65.7 Å². The first-order valence-electron chi connectivity index (χ1n) is 11.1. The summed E-state index contributed by atoms with van der Waals surface area (Å²) in [6.07, 6.45) is 0.596. The highest BCUT2D eigenvalue weighted by Gasteiger charge is 2.46. The van der Waals surface area contributed by atoms with Crippen molar-refractivity contribution in [3.63, 3.8) is 0 Å².